The van der Waals surface area contributed by atoms with Crippen LogP contribution in [0.3, 0.4) is 0 Å². The second-order valence-corrected chi connectivity index (χ2v) is 14.0. The van der Waals surface area contributed by atoms with Crippen LogP contribution in [0.4, 0.5) is 0 Å². The predicted molar refractivity (Wildman–Crippen MR) is 87.3 cm³/mol. The first kappa shape index (κ1) is 20.2. The van der Waals surface area contributed by atoms with Gasteiger partial charge in [-0.25, -0.2) is 0 Å². The third kappa shape index (κ3) is 4.81. The van der Waals surface area contributed by atoms with Crippen molar-refractivity contribution in [2.75, 3.05) is 0 Å². The average molecular weight is 429 g/mol. The van der Waals surface area contributed by atoms with E-state index in [-0.39, 0.29) is 34.3 Å². The van der Waals surface area contributed by atoms with Crippen LogP contribution in [-0.4, -0.2) is 9.52 Å². The zero-order valence-corrected chi connectivity index (χ0v) is 18.8. The molecule has 0 saturated carbocycles. The Balaban J connectivity index is 0.00000121. The maximum absolute atomic E-state index is 2.54. The predicted octanol–water partition coefficient (Wildman–Crippen LogP) is -1.60. The van der Waals surface area contributed by atoms with Crippen molar-refractivity contribution in [3.8, 4) is 0 Å². The van der Waals surface area contributed by atoms with E-state index >= 15 is 0 Å². The van der Waals surface area contributed by atoms with Gasteiger partial charge < -0.3 is 24.8 Å². The minimum absolute atomic E-state index is 0. The van der Waals surface area contributed by atoms with E-state index in [2.05, 4.69) is 69.3 Å². The van der Waals surface area contributed by atoms with Gasteiger partial charge in [0, 0.05) is 0 Å². The van der Waals surface area contributed by atoms with E-state index in [0.29, 0.717) is 5.04 Å². The molecule has 2 aliphatic rings. The van der Waals surface area contributed by atoms with Crippen LogP contribution >= 0.6 is 0 Å². The van der Waals surface area contributed by atoms with Crippen LogP contribution in [0.5, 0.6) is 0 Å². The third-order valence-electron chi connectivity index (χ3n) is 3.85. The van der Waals surface area contributed by atoms with Gasteiger partial charge in [0.2, 0.25) is 0 Å². The summed E-state index contributed by atoms with van der Waals surface area (Å²) in [5.41, 5.74) is 3.15. The molecule has 1 aromatic rings. The normalized spacial score (nSPS) is 19.1. The molecule has 0 N–H and O–H groups in total. The van der Waals surface area contributed by atoms with Crippen molar-refractivity contribution in [1.82, 2.24) is 0 Å². The van der Waals surface area contributed by atoms with Crippen molar-refractivity contribution >= 4 is 15.6 Å². The van der Waals surface area contributed by atoms with Gasteiger partial charge in [-0.1, -0.05) is 0 Å². The fourth-order valence-electron chi connectivity index (χ4n) is 3.06. The zero-order valence-electron chi connectivity index (χ0n) is 13.4. The van der Waals surface area contributed by atoms with Gasteiger partial charge in [0.1, 0.15) is 0 Å². The molecular formula is C18H22Cl2SiZr. The molecule has 1 atom stereocenters. The van der Waals surface area contributed by atoms with E-state index in [1.165, 1.54) is 12.0 Å². The van der Waals surface area contributed by atoms with Crippen LogP contribution in [0.2, 0.25) is 5.04 Å². The van der Waals surface area contributed by atoms with E-state index in [9.17, 15) is 0 Å². The molecule has 1 unspecified atom stereocenters. The molecule has 2 aliphatic carbocycles. The van der Waals surface area contributed by atoms with Crippen molar-refractivity contribution in [2.45, 2.75) is 35.9 Å². The Labute approximate surface area is 160 Å². The van der Waals surface area contributed by atoms with Gasteiger partial charge in [0.25, 0.3) is 0 Å². The Morgan fingerprint density at radius 2 is 1.86 bits per heavy atom. The maximum atomic E-state index is 2.54. The van der Waals surface area contributed by atoms with E-state index in [4.69, 9.17) is 0 Å². The standard InChI is InChI=1S/C13H17Si.C5H5.2ClH.Zr/c1-13(2,3)14-12-8-10-6-4-5-7-11(10)9-12;1-2-4-5-3-1;;;/h4-9H,14H2,1-3H3;1-3H,4H2;2*1H;/q;;;;+2/p-2. The molecule has 116 valence electrons. The summed E-state index contributed by atoms with van der Waals surface area (Å²) in [6.45, 7) is 7.25. The molecule has 0 saturated heterocycles. The third-order valence-corrected chi connectivity index (χ3v) is 11.1. The fraction of sp³-hybridized carbons (Fsp3) is 0.333. The number of fused-ring (bicyclic) bond motifs is 1. The molecule has 0 aliphatic heterocycles. The van der Waals surface area contributed by atoms with Crippen LogP contribution in [0, 0.1) is 0 Å². The topological polar surface area (TPSA) is 0 Å². The van der Waals surface area contributed by atoms with Gasteiger partial charge >= 0.3 is 137 Å². The monoisotopic (exact) mass is 426 g/mol. The Bertz CT molecular complexity index is 612. The molecule has 3 rings (SSSR count). The summed E-state index contributed by atoms with van der Waals surface area (Å²) >= 11 is -0.513. The second kappa shape index (κ2) is 8.29. The van der Waals surface area contributed by atoms with Gasteiger partial charge in [0.05, 0.1) is 0 Å². The Kier molecular flexibility index (Phi) is 7.60. The Morgan fingerprint density at radius 1 is 1.14 bits per heavy atom. The minimum atomic E-state index is -0.513. The first-order chi connectivity index (χ1) is 9.53. The number of rotatable bonds is 3. The summed E-state index contributed by atoms with van der Waals surface area (Å²) in [6.07, 6.45) is 10.7. The van der Waals surface area contributed by atoms with Crippen LogP contribution in [0.1, 0.15) is 41.9 Å². The van der Waals surface area contributed by atoms with E-state index in [1.807, 2.05) is 5.20 Å². The largest absolute Gasteiger partial charge is 1.00 e. The van der Waals surface area contributed by atoms with Crippen LogP contribution < -0.4 is 24.8 Å². The molecule has 0 fully saturated rings. The number of halogens is 2. The maximum Gasteiger partial charge on any atom is -1.00 e. The molecular weight excluding hydrogens is 406 g/mol. The van der Waals surface area contributed by atoms with E-state index < -0.39 is 23.2 Å². The molecule has 0 bridgehead atoms. The summed E-state index contributed by atoms with van der Waals surface area (Å²) in [5.74, 6) is 0. The molecule has 1 aromatic carbocycles. The second-order valence-electron chi connectivity index (χ2n) is 6.99. The smallest absolute Gasteiger partial charge is 1.00 e. The number of allylic oxidation sites excluding steroid dienone is 5. The van der Waals surface area contributed by atoms with Gasteiger partial charge in [-0.15, -0.1) is 0 Å². The van der Waals surface area contributed by atoms with Crippen molar-refractivity contribution in [3.63, 3.8) is 0 Å². The molecule has 0 nitrogen and oxygen atoms in total. The molecule has 0 spiro atoms. The van der Waals surface area contributed by atoms with E-state index in [0.717, 1.165) is 3.63 Å². The molecule has 0 amide bonds. The molecule has 22 heavy (non-hydrogen) atoms. The van der Waals surface area contributed by atoms with Gasteiger partial charge in [0.15, 0.2) is 0 Å². The Hall–Kier alpha value is 0.120. The van der Waals surface area contributed by atoms with Gasteiger partial charge in [-0.3, -0.25) is 0 Å². The van der Waals surface area contributed by atoms with Crippen LogP contribution in [0.15, 0.2) is 51.0 Å². The minimum Gasteiger partial charge on any atom is -1.00 e. The van der Waals surface area contributed by atoms with Crippen molar-refractivity contribution in [3.05, 3.63) is 62.1 Å². The van der Waals surface area contributed by atoms with Crippen molar-refractivity contribution in [2.24, 2.45) is 0 Å². The summed E-state index contributed by atoms with van der Waals surface area (Å²) < 4.78 is 2.59. The van der Waals surface area contributed by atoms with Crippen LogP contribution in [0.25, 0.3) is 6.08 Å². The summed E-state index contributed by atoms with van der Waals surface area (Å²) in [7, 11) is -0.167. The summed E-state index contributed by atoms with van der Waals surface area (Å²) in [4.78, 5) is 0. The number of hydrogen-bond acceptors (Lipinski definition) is 0. The summed E-state index contributed by atoms with van der Waals surface area (Å²) in [5, 5.41) is 2.35. The van der Waals surface area contributed by atoms with Crippen molar-refractivity contribution < 1.29 is 48.0 Å². The average Bonchev–Trinajstić information content (AvgIpc) is 2.97. The molecule has 0 radical (unpaired) electrons. The first-order valence-electron chi connectivity index (χ1n) is 7.44. The fourth-order valence-corrected chi connectivity index (χ4v) is 10.0. The molecule has 0 heterocycles. The van der Waals surface area contributed by atoms with Gasteiger partial charge in [-0.2, -0.15) is 0 Å². The molecule has 0 aromatic heterocycles. The Morgan fingerprint density at radius 3 is 2.50 bits per heavy atom. The zero-order chi connectivity index (χ0) is 14.2. The van der Waals surface area contributed by atoms with Crippen LogP contribution in [-0.2, 0) is 23.2 Å². The number of hydrogen-bond donors (Lipinski definition) is 0. The van der Waals surface area contributed by atoms with E-state index in [1.54, 1.807) is 8.84 Å². The summed E-state index contributed by atoms with van der Waals surface area (Å²) in [6, 6.07) is 9.11. The molecule has 4 heteroatoms. The van der Waals surface area contributed by atoms with Crippen molar-refractivity contribution in [1.29, 1.82) is 0 Å². The van der Waals surface area contributed by atoms with Gasteiger partial charge in [-0.05, 0) is 0 Å². The SMILES string of the molecule is CC(C)(C)[SiH2]C1=Cc2ccccc2[CH]1[Zr+2][C]1=CC=CC1.[Cl-].[Cl-]. The number of benzene rings is 1. The quantitative estimate of drug-likeness (QED) is 0.509. The first-order valence-corrected chi connectivity index (χ1v) is 11.5.